The van der Waals surface area contributed by atoms with Crippen molar-refractivity contribution < 1.29 is 14.3 Å². The molecule has 3 N–H and O–H groups in total. The summed E-state index contributed by atoms with van der Waals surface area (Å²) in [6.45, 7) is 2.22. The lowest BCUT2D eigenvalue weighted by atomic mass is 10.1. The number of benzene rings is 2. The summed E-state index contributed by atoms with van der Waals surface area (Å²) in [7, 11) is 0. The summed E-state index contributed by atoms with van der Waals surface area (Å²) in [6, 6.07) is 11.4. The number of ether oxygens (including phenoxy) is 1. The maximum atomic E-state index is 12.8. The Bertz CT molecular complexity index is 624. The van der Waals surface area contributed by atoms with Crippen molar-refractivity contribution in [1.29, 1.82) is 0 Å². The minimum atomic E-state index is -0.279. The highest BCUT2D eigenvalue weighted by Crippen LogP contribution is 2.21. The average Bonchev–Trinajstić information content (AvgIpc) is 2.47. The molecule has 0 saturated carbocycles. The quantitative estimate of drug-likeness (QED) is 0.390. The summed E-state index contributed by atoms with van der Waals surface area (Å²) in [5.41, 5.74) is 7.91. The Balaban J connectivity index is 2.14. The van der Waals surface area contributed by atoms with Crippen LogP contribution >= 0.6 is 0 Å². The Morgan fingerprint density at radius 2 is 1.95 bits per heavy atom. The molecule has 0 aliphatic heterocycles. The molecule has 0 amide bonds. The number of hydrogen-bond donors (Lipinski definition) is 2. The normalized spacial score (nSPS) is 11.4. The Kier molecular flexibility index (Phi) is 4.20. The second-order valence-corrected chi connectivity index (χ2v) is 4.38. The average molecular weight is 274 g/mol. The second-order valence-electron chi connectivity index (χ2n) is 4.38. The van der Waals surface area contributed by atoms with Crippen LogP contribution in [0.3, 0.4) is 0 Å². The van der Waals surface area contributed by atoms with Crippen molar-refractivity contribution in [2.75, 3.05) is 0 Å². The third-order valence-electron chi connectivity index (χ3n) is 2.90. The fourth-order valence-corrected chi connectivity index (χ4v) is 1.71. The third kappa shape index (κ3) is 3.26. The van der Waals surface area contributed by atoms with Crippen LogP contribution in [0.4, 0.5) is 4.39 Å². The van der Waals surface area contributed by atoms with Crippen molar-refractivity contribution in [1.82, 2.24) is 0 Å². The first kappa shape index (κ1) is 13.9. The van der Waals surface area contributed by atoms with E-state index in [1.807, 2.05) is 13.0 Å². The number of oxime groups is 1. The van der Waals surface area contributed by atoms with E-state index in [1.165, 1.54) is 12.1 Å². The number of hydrogen-bond acceptors (Lipinski definition) is 3. The number of aryl methyl sites for hydroxylation is 1. The summed E-state index contributed by atoms with van der Waals surface area (Å²) in [5, 5.41) is 11.6. The monoisotopic (exact) mass is 274 g/mol. The molecule has 2 aromatic carbocycles. The summed E-state index contributed by atoms with van der Waals surface area (Å²) < 4.78 is 18.5. The number of amidine groups is 1. The van der Waals surface area contributed by atoms with Crippen LogP contribution in [-0.2, 0) is 6.61 Å². The SMILES string of the molecule is Cc1ccc(/C(N)=N/O)cc1OCc1ccc(F)cc1. The molecule has 5 heteroatoms. The molecular weight excluding hydrogens is 259 g/mol. The van der Waals surface area contributed by atoms with Gasteiger partial charge in [0.05, 0.1) is 0 Å². The molecule has 0 bridgehead atoms. The molecule has 0 fully saturated rings. The Morgan fingerprint density at radius 3 is 2.60 bits per heavy atom. The summed E-state index contributed by atoms with van der Waals surface area (Å²) >= 11 is 0. The molecule has 0 aromatic heterocycles. The fraction of sp³-hybridized carbons (Fsp3) is 0.133. The Labute approximate surface area is 116 Å². The minimum Gasteiger partial charge on any atom is -0.489 e. The molecule has 0 heterocycles. The Morgan fingerprint density at radius 1 is 1.25 bits per heavy atom. The minimum absolute atomic E-state index is 0.0247. The standard InChI is InChI=1S/C15H15FN2O2/c1-10-2-5-12(15(17)18-19)8-14(10)20-9-11-3-6-13(16)7-4-11/h2-8,19H,9H2,1H3,(H2,17,18). The van der Waals surface area contributed by atoms with E-state index in [0.29, 0.717) is 17.9 Å². The zero-order chi connectivity index (χ0) is 14.5. The Hall–Kier alpha value is -2.56. The second kappa shape index (κ2) is 6.06. The van der Waals surface area contributed by atoms with Gasteiger partial charge in [0, 0.05) is 5.56 Å². The van der Waals surface area contributed by atoms with Crippen molar-refractivity contribution >= 4 is 5.84 Å². The van der Waals surface area contributed by atoms with Crippen molar-refractivity contribution in [2.45, 2.75) is 13.5 Å². The molecule has 2 rings (SSSR count). The number of rotatable bonds is 4. The van der Waals surface area contributed by atoms with Crippen LogP contribution < -0.4 is 10.5 Å². The van der Waals surface area contributed by atoms with E-state index < -0.39 is 0 Å². The fourth-order valence-electron chi connectivity index (χ4n) is 1.71. The molecule has 0 aliphatic carbocycles. The van der Waals surface area contributed by atoms with E-state index in [9.17, 15) is 4.39 Å². The number of nitrogens with two attached hydrogens (primary N) is 1. The van der Waals surface area contributed by atoms with Gasteiger partial charge in [0.1, 0.15) is 18.2 Å². The van der Waals surface area contributed by atoms with Crippen LogP contribution in [0.15, 0.2) is 47.6 Å². The number of nitrogens with zero attached hydrogens (tertiary/aromatic N) is 1. The van der Waals surface area contributed by atoms with Crippen LogP contribution in [0.2, 0.25) is 0 Å². The first-order chi connectivity index (χ1) is 9.60. The van der Waals surface area contributed by atoms with E-state index in [0.717, 1.165) is 11.1 Å². The van der Waals surface area contributed by atoms with Gasteiger partial charge >= 0.3 is 0 Å². The maximum absolute atomic E-state index is 12.8. The molecule has 104 valence electrons. The highest BCUT2D eigenvalue weighted by molar-refractivity contribution is 5.97. The lowest BCUT2D eigenvalue weighted by molar-refractivity contribution is 0.303. The molecule has 4 nitrogen and oxygen atoms in total. The molecular formula is C15H15FN2O2. The summed E-state index contributed by atoms with van der Waals surface area (Å²) in [4.78, 5) is 0. The third-order valence-corrected chi connectivity index (χ3v) is 2.90. The van der Waals surface area contributed by atoms with Gasteiger partial charge in [0.15, 0.2) is 5.84 Å². The molecule has 0 atom stereocenters. The van der Waals surface area contributed by atoms with Gasteiger partial charge in [-0.3, -0.25) is 0 Å². The maximum Gasteiger partial charge on any atom is 0.170 e. The molecule has 0 unspecified atom stereocenters. The molecule has 0 spiro atoms. The van der Waals surface area contributed by atoms with Gasteiger partial charge in [-0.15, -0.1) is 0 Å². The van der Waals surface area contributed by atoms with Gasteiger partial charge in [0.25, 0.3) is 0 Å². The van der Waals surface area contributed by atoms with Gasteiger partial charge in [-0.1, -0.05) is 29.4 Å². The van der Waals surface area contributed by atoms with E-state index >= 15 is 0 Å². The van der Waals surface area contributed by atoms with E-state index in [2.05, 4.69) is 5.16 Å². The lowest BCUT2D eigenvalue weighted by Crippen LogP contribution is -2.13. The summed E-state index contributed by atoms with van der Waals surface area (Å²) in [5.74, 6) is 0.383. The lowest BCUT2D eigenvalue weighted by Gasteiger charge is -2.10. The van der Waals surface area contributed by atoms with Crippen molar-refractivity contribution in [3.05, 3.63) is 65.0 Å². The molecule has 0 aliphatic rings. The van der Waals surface area contributed by atoms with Crippen LogP contribution in [0.25, 0.3) is 0 Å². The van der Waals surface area contributed by atoms with Gasteiger partial charge in [-0.05, 0) is 36.2 Å². The van der Waals surface area contributed by atoms with Crippen molar-refractivity contribution in [3.63, 3.8) is 0 Å². The smallest absolute Gasteiger partial charge is 0.170 e. The van der Waals surface area contributed by atoms with Gasteiger partial charge in [-0.2, -0.15) is 0 Å². The van der Waals surface area contributed by atoms with Crippen LogP contribution in [0.1, 0.15) is 16.7 Å². The molecule has 20 heavy (non-hydrogen) atoms. The zero-order valence-corrected chi connectivity index (χ0v) is 11.0. The van der Waals surface area contributed by atoms with Gasteiger partial charge in [0.2, 0.25) is 0 Å². The summed E-state index contributed by atoms with van der Waals surface area (Å²) in [6.07, 6.45) is 0. The molecule has 0 saturated heterocycles. The highest BCUT2D eigenvalue weighted by Gasteiger charge is 2.05. The van der Waals surface area contributed by atoms with E-state index in [4.69, 9.17) is 15.7 Å². The van der Waals surface area contributed by atoms with E-state index in [1.54, 1.807) is 24.3 Å². The first-order valence-corrected chi connectivity index (χ1v) is 6.06. The molecule has 2 aromatic rings. The molecule has 0 radical (unpaired) electrons. The van der Waals surface area contributed by atoms with Crippen molar-refractivity contribution in [2.24, 2.45) is 10.9 Å². The van der Waals surface area contributed by atoms with Gasteiger partial charge < -0.3 is 15.7 Å². The van der Waals surface area contributed by atoms with Crippen molar-refractivity contribution in [3.8, 4) is 5.75 Å². The number of halogens is 1. The van der Waals surface area contributed by atoms with Crippen LogP contribution in [-0.4, -0.2) is 11.0 Å². The van der Waals surface area contributed by atoms with Gasteiger partial charge in [-0.25, -0.2) is 4.39 Å². The topological polar surface area (TPSA) is 67.8 Å². The predicted molar refractivity (Wildman–Crippen MR) is 74.4 cm³/mol. The zero-order valence-electron chi connectivity index (χ0n) is 11.0. The van der Waals surface area contributed by atoms with Crippen LogP contribution in [0.5, 0.6) is 5.75 Å². The largest absolute Gasteiger partial charge is 0.489 e. The highest BCUT2D eigenvalue weighted by atomic mass is 19.1. The van der Waals surface area contributed by atoms with Crippen LogP contribution in [0, 0.1) is 12.7 Å². The predicted octanol–water partition coefficient (Wildman–Crippen LogP) is 2.81. The first-order valence-electron chi connectivity index (χ1n) is 6.06. The van der Waals surface area contributed by atoms with E-state index in [-0.39, 0.29) is 11.7 Å².